The molecule has 2 heteroatoms. The number of hydrogen-bond acceptors (Lipinski definition) is 2. The van der Waals surface area contributed by atoms with Crippen molar-refractivity contribution >= 4 is 10.8 Å². The predicted molar refractivity (Wildman–Crippen MR) is 88.2 cm³/mol. The van der Waals surface area contributed by atoms with Crippen LogP contribution in [0.25, 0.3) is 10.8 Å². The number of nitrogens with zero attached hydrogens (tertiary/aromatic N) is 1. The fourth-order valence-corrected chi connectivity index (χ4v) is 2.69. The number of rotatable bonds is 4. The summed E-state index contributed by atoms with van der Waals surface area (Å²) in [4.78, 5) is 4.54. The molecule has 0 amide bonds. The number of aryl methyl sites for hydroxylation is 1. The molecule has 3 rings (SSSR count). The lowest BCUT2D eigenvalue weighted by Crippen LogP contribution is -2.19. The van der Waals surface area contributed by atoms with Crippen LogP contribution in [0.4, 0.5) is 0 Å². The molecule has 1 aromatic heterocycles. The summed E-state index contributed by atoms with van der Waals surface area (Å²) in [6, 6.07) is 21.5. The minimum atomic E-state index is 0.290. The Morgan fingerprint density at radius 3 is 2.57 bits per heavy atom. The number of aromatic nitrogens is 1. The lowest BCUT2D eigenvalue weighted by molar-refractivity contribution is 0.570. The highest BCUT2D eigenvalue weighted by molar-refractivity contribution is 5.86. The van der Waals surface area contributed by atoms with Gasteiger partial charge in [-0.05, 0) is 42.3 Å². The van der Waals surface area contributed by atoms with E-state index in [9.17, 15) is 0 Å². The fourth-order valence-electron chi connectivity index (χ4n) is 2.69. The molecule has 106 valence electrons. The molecule has 0 aliphatic heterocycles. The average molecular weight is 276 g/mol. The monoisotopic (exact) mass is 276 g/mol. The van der Waals surface area contributed by atoms with E-state index in [4.69, 9.17) is 0 Å². The molecule has 2 nitrogen and oxygen atoms in total. The summed E-state index contributed by atoms with van der Waals surface area (Å²) in [6.07, 6.45) is 0. The first-order valence-electron chi connectivity index (χ1n) is 7.37. The SMILES string of the molecule is Cc1cccc(CNC(C)c2cccc3ccccc23)n1. The van der Waals surface area contributed by atoms with Gasteiger partial charge in [-0.15, -0.1) is 0 Å². The number of benzene rings is 2. The van der Waals surface area contributed by atoms with Gasteiger partial charge in [0.1, 0.15) is 0 Å². The highest BCUT2D eigenvalue weighted by Gasteiger charge is 2.08. The molecule has 2 aromatic carbocycles. The summed E-state index contributed by atoms with van der Waals surface area (Å²) in [6.45, 7) is 5.02. The summed E-state index contributed by atoms with van der Waals surface area (Å²) in [7, 11) is 0. The standard InChI is InChI=1S/C19H20N2/c1-14-7-5-10-17(21-14)13-20-15(2)18-12-6-9-16-8-3-4-11-19(16)18/h3-12,15,20H,13H2,1-2H3. The smallest absolute Gasteiger partial charge is 0.0545 e. The summed E-state index contributed by atoms with van der Waals surface area (Å²) < 4.78 is 0. The van der Waals surface area contributed by atoms with E-state index >= 15 is 0 Å². The molecule has 0 aliphatic rings. The van der Waals surface area contributed by atoms with Crippen molar-refractivity contribution in [3.05, 3.63) is 77.6 Å². The number of fused-ring (bicyclic) bond motifs is 1. The van der Waals surface area contributed by atoms with Crippen LogP contribution >= 0.6 is 0 Å². The first-order chi connectivity index (χ1) is 10.2. The maximum Gasteiger partial charge on any atom is 0.0545 e. The fraction of sp³-hybridized carbons (Fsp3) is 0.211. The Kier molecular flexibility index (Phi) is 3.98. The van der Waals surface area contributed by atoms with Crippen LogP contribution in [-0.2, 0) is 6.54 Å². The van der Waals surface area contributed by atoms with Crippen molar-refractivity contribution < 1.29 is 0 Å². The Balaban J connectivity index is 1.79. The van der Waals surface area contributed by atoms with Gasteiger partial charge in [0.25, 0.3) is 0 Å². The Morgan fingerprint density at radius 2 is 1.71 bits per heavy atom. The Hall–Kier alpha value is -2.19. The van der Waals surface area contributed by atoms with E-state index in [0.717, 1.165) is 17.9 Å². The molecule has 0 radical (unpaired) electrons. The second-order valence-electron chi connectivity index (χ2n) is 5.44. The third-order valence-electron chi connectivity index (χ3n) is 3.83. The van der Waals surface area contributed by atoms with Crippen molar-refractivity contribution in [1.82, 2.24) is 10.3 Å². The van der Waals surface area contributed by atoms with Gasteiger partial charge < -0.3 is 5.32 Å². The molecule has 1 atom stereocenters. The van der Waals surface area contributed by atoms with E-state index in [0.29, 0.717) is 6.04 Å². The molecule has 21 heavy (non-hydrogen) atoms. The largest absolute Gasteiger partial charge is 0.305 e. The number of hydrogen-bond donors (Lipinski definition) is 1. The van der Waals surface area contributed by atoms with Gasteiger partial charge in [-0.3, -0.25) is 4.98 Å². The third-order valence-corrected chi connectivity index (χ3v) is 3.83. The minimum absolute atomic E-state index is 0.290. The first-order valence-corrected chi connectivity index (χ1v) is 7.37. The Labute approximate surface area is 125 Å². The molecule has 0 fully saturated rings. The van der Waals surface area contributed by atoms with Crippen LogP contribution < -0.4 is 5.32 Å². The van der Waals surface area contributed by atoms with Gasteiger partial charge in [0.05, 0.1) is 5.69 Å². The Bertz CT molecular complexity index is 744. The summed E-state index contributed by atoms with van der Waals surface area (Å²) in [5.41, 5.74) is 3.48. The van der Waals surface area contributed by atoms with Gasteiger partial charge in [-0.1, -0.05) is 48.5 Å². The molecule has 0 spiro atoms. The third kappa shape index (κ3) is 3.11. The van der Waals surface area contributed by atoms with Crippen LogP contribution in [0.1, 0.15) is 29.9 Å². The predicted octanol–water partition coefficient (Wildman–Crippen LogP) is 4.39. The highest BCUT2D eigenvalue weighted by Crippen LogP contribution is 2.24. The van der Waals surface area contributed by atoms with E-state index in [2.05, 4.69) is 71.8 Å². The minimum Gasteiger partial charge on any atom is -0.305 e. The quantitative estimate of drug-likeness (QED) is 0.764. The van der Waals surface area contributed by atoms with E-state index in [1.807, 2.05) is 13.0 Å². The van der Waals surface area contributed by atoms with E-state index in [1.54, 1.807) is 0 Å². The van der Waals surface area contributed by atoms with Gasteiger partial charge in [-0.25, -0.2) is 0 Å². The Morgan fingerprint density at radius 1 is 0.952 bits per heavy atom. The average Bonchev–Trinajstić information content (AvgIpc) is 2.52. The molecule has 0 saturated heterocycles. The molecule has 0 bridgehead atoms. The van der Waals surface area contributed by atoms with Crippen molar-refractivity contribution in [3.8, 4) is 0 Å². The van der Waals surface area contributed by atoms with Crippen LogP contribution in [-0.4, -0.2) is 4.98 Å². The summed E-state index contributed by atoms with van der Waals surface area (Å²) >= 11 is 0. The van der Waals surface area contributed by atoms with Crippen LogP contribution in [0.15, 0.2) is 60.7 Å². The number of pyridine rings is 1. The zero-order chi connectivity index (χ0) is 14.7. The van der Waals surface area contributed by atoms with E-state index in [-0.39, 0.29) is 0 Å². The zero-order valence-electron chi connectivity index (χ0n) is 12.5. The summed E-state index contributed by atoms with van der Waals surface area (Å²) in [5, 5.41) is 6.18. The first kappa shape index (κ1) is 13.8. The van der Waals surface area contributed by atoms with Crippen molar-refractivity contribution in [1.29, 1.82) is 0 Å². The van der Waals surface area contributed by atoms with Gasteiger partial charge >= 0.3 is 0 Å². The van der Waals surface area contributed by atoms with Crippen molar-refractivity contribution in [3.63, 3.8) is 0 Å². The van der Waals surface area contributed by atoms with Crippen LogP contribution in [0.2, 0.25) is 0 Å². The van der Waals surface area contributed by atoms with Crippen LogP contribution in [0, 0.1) is 6.92 Å². The lowest BCUT2D eigenvalue weighted by atomic mass is 10.00. The van der Waals surface area contributed by atoms with Crippen LogP contribution in [0.5, 0.6) is 0 Å². The second-order valence-corrected chi connectivity index (χ2v) is 5.44. The molecule has 1 N–H and O–H groups in total. The molecular formula is C19H20N2. The van der Waals surface area contributed by atoms with Gasteiger partial charge in [0.15, 0.2) is 0 Å². The summed E-state index contributed by atoms with van der Waals surface area (Å²) in [5.74, 6) is 0. The van der Waals surface area contributed by atoms with Gasteiger partial charge in [0, 0.05) is 18.3 Å². The maximum absolute atomic E-state index is 4.54. The van der Waals surface area contributed by atoms with Gasteiger partial charge in [-0.2, -0.15) is 0 Å². The second kappa shape index (κ2) is 6.06. The van der Waals surface area contributed by atoms with Crippen molar-refractivity contribution in [2.24, 2.45) is 0 Å². The molecule has 1 unspecified atom stereocenters. The highest BCUT2D eigenvalue weighted by atomic mass is 14.9. The van der Waals surface area contributed by atoms with Crippen LogP contribution in [0.3, 0.4) is 0 Å². The normalized spacial score (nSPS) is 12.5. The lowest BCUT2D eigenvalue weighted by Gasteiger charge is -2.16. The van der Waals surface area contributed by atoms with E-state index < -0.39 is 0 Å². The van der Waals surface area contributed by atoms with Crippen molar-refractivity contribution in [2.45, 2.75) is 26.4 Å². The zero-order valence-corrected chi connectivity index (χ0v) is 12.5. The topological polar surface area (TPSA) is 24.9 Å². The molecule has 0 saturated carbocycles. The molecule has 0 aliphatic carbocycles. The van der Waals surface area contributed by atoms with Gasteiger partial charge in [0.2, 0.25) is 0 Å². The van der Waals surface area contributed by atoms with Crippen molar-refractivity contribution in [2.75, 3.05) is 0 Å². The maximum atomic E-state index is 4.54. The molecular weight excluding hydrogens is 256 g/mol. The molecule has 1 heterocycles. The van der Waals surface area contributed by atoms with E-state index in [1.165, 1.54) is 16.3 Å². The molecule has 3 aromatic rings. The number of nitrogens with one attached hydrogen (secondary N) is 1.